The van der Waals surface area contributed by atoms with Crippen LogP contribution < -0.4 is 5.56 Å². The standard InChI is InChI=1S/C20H24N6OS/c27-20-8-7-18(25-11-9-21-14-25)23-26(20)12-15-4-3-10-24(15)13-19-22-16-5-1-2-6-17(16)28-19/h7-9,11,14-15H,1-6,10,12-13H2. The van der Waals surface area contributed by atoms with Crippen molar-refractivity contribution in [3.63, 3.8) is 0 Å². The molecule has 1 unspecified atom stereocenters. The van der Waals surface area contributed by atoms with E-state index in [2.05, 4.69) is 15.0 Å². The van der Waals surface area contributed by atoms with Crippen LogP contribution in [-0.2, 0) is 25.9 Å². The number of aromatic nitrogens is 5. The number of rotatable bonds is 5. The fraction of sp³-hybridized carbons (Fsp3) is 0.500. The molecule has 0 saturated carbocycles. The average molecular weight is 397 g/mol. The third-order valence-corrected chi connectivity index (χ3v) is 6.87. The molecule has 0 spiro atoms. The lowest BCUT2D eigenvalue weighted by molar-refractivity contribution is 0.216. The second-order valence-corrected chi connectivity index (χ2v) is 8.80. The monoisotopic (exact) mass is 396 g/mol. The molecule has 4 heterocycles. The van der Waals surface area contributed by atoms with Crippen molar-refractivity contribution >= 4 is 11.3 Å². The molecule has 1 saturated heterocycles. The Morgan fingerprint density at radius 1 is 1.18 bits per heavy atom. The molecule has 146 valence electrons. The zero-order valence-electron chi connectivity index (χ0n) is 15.8. The summed E-state index contributed by atoms with van der Waals surface area (Å²) in [6.07, 6.45) is 12.4. The first-order valence-electron chi connectivity index (χ1n) is 10.0. The van der Waals surface area contributed by atoms with Crippen molar-refractivity contribution in [2.75, 3.05) is 6.54 Å². The van der Waals surface area contributed by atoms with Crippen LogP contribution in [0.1, 0.15) is 41.3 Å². The highest BCUT2D eigenvalue weighted by molar-refractivity contribution is 7.11. The summed E-state index contributed by atoms with van der Waals surface area (Å²) < 4.78 is 3.42. The molecule has 0 N–H and O–H groups in total. The third-order valence-electron chi connectivity index (χ3n) is 5.73. The lowest BCUT2D eigenvalue weighted by Crippen LogP contribution is -2.36. The summed E-state index contributed by atoms with van der Waals surface area (Å²) in [5.74, 6) is 0.717. The first-order valence-corrected chi connectivity index (χ1v) is 10.9. The van der Waals surface area contributed by atoms with Crippen LogP contribution in [0.5, 0.6) is 0 Å². The summed E-state index contributed by atoms with van der Waals surface area (Å²) in [6, 6.07) is 3.66. The fourth-order valence-electron chi connectivity index (χ4n) is 4.26. The summed E-state index contributed by atoms with van der Waals surface area (Å²) in [4.78, 5) is 25.3. The number of hydrogen-bond donors (Lipinski definition) is 0. The van der Waals surface area contributed by atoms with Gasteiger partial charge in [0.2, 0.25) is 0 Å². The number of hydrogen-bond acceptors (Lipinski definition) is 6. The lowest BCUT2D eigenvalue weighted by Gasteiger charge is -2.23. The maximum absolute atomic E-state index is 12.4. The predicted molar refractivity (Wildman–Crippen MR) is 108 cm³/mol. The molecule has 8 heteroatoms. The Hall–Kier alpha value is -2.32. The molecule has 1 aliphatic carbocycles. The van der Waals surface area contributed by atoms with Gasteiger partial charge in [0, 0.05) is 29.4 Å². The lowest BCUT2D eigenvalue weighted by atomic mass is 10.0. The van der Waals surface area contributed by atoms with E-state index in [9.17, 15) is 4.79 Å². The minimum atomic E-state index is -0.0552. The van der Waals surface area contributed by atoms with Crippen molar-refractivity contribution in [2.24, 2.45) is 0 Å². The number of fused-ring (bicyclic) bond motifs is 1. The van der Waals surface area contributed by atoms with E-state index in [1.54, 1.807) is 29.3 Å². The molecule has 0 aromatic carbocycles. The highest BCUT2D eigenvalue weighted by Gasteiger charge is 2.27. The maximum Gasteiger partial charge on any atom is 0.266 e. The Kier molecular flexibility index (Phi) is 4.82. The van der Waals surface area contributed by atoms with E-state index in [4.69, 9.17) is 4.98 Å². The van der Waals surface area contributed by atoms with Gasteiger partial charge in [-0.1, -0.05) is 0 Å². The van der Waals surface area contributed by atoms with Gasteiger partial charge >= 0.3 is 0 Å². The second kappa shape index (κ2) is 7.60. The van der Waals surface area contributed by atoms with Crippen LogP contribution in [0.3, 0.4) is 0 Å². The Bertz CT molecular complexity index is 985. The summed E-state index contributed by atoms with van der Waals surface area (Å²) in [6.45, 7) is 2.57. The van der Waals surface area contributed by atoms with Gasteiger partial charge in [-0.15, -0.1) is 11.3 Å². The maximum atomic E-state index is 12.4. The van der Waals surface area contributed by atoms with Crippen LogP contribution in [0, 0.1) is 0 Å². The normalized spacial score (nSPS) is 19.8. The van der Waals surface area contributed by atoms with Crippen molar-refractivity contribution < 1.29 is 0 Å². The number of imidazole rings is 1. The molecule has 2 aliphatic rings. The summed E-state index contributed by atoms with van der Waals surface area (Å²) in [5.41, 5.74) is 1.27. The van der Waals surface area contributed by atoms with Crippen LogP contribution in [0.4, 0.5) is 0 Å². The molecule has 0 radical (unpaired) electrons. The topological polar surface area (TPSA) is 68.8 Å². The molecule has 0 bridgehead atoms. The molecular weight excluding hydrogens is 372 g/mol. The van der Waals surface area contributed by atoms with Crippen LogP contribution in [0.2, 0.25) is 0 Å². The number of thiazole rings is 1. The number of likely N-dealkylation sites (tertiary alicyclic amines) is 1. The first-order chi connectivity index (χ1) is 13.8. The average Bonchev–Trinajstić information content (AvgIpc) is 3.45. The predicted octanol–water partition coefficient (Wildman–Crippen LogP) is 2.43. The number of aryl methyl sites for hydroxylation is 2. The van der Waals surface area contributed by atoms with Gasteiger partial charge in [0.15, 0.2) is 5.82 Å². The van der Waals surface area contributed by atoms with Crippen LogP contribution >= 0.6 is 11.3 Å². The minimum absolute atomic E-state index is 0.0552. The van der Waals surface area contributed by atoms with Crippen molar-refractivity contribution in [2.45, 2.75) is 57.7 Å². The molecule has 1 aliphatic heterocycles. The summed E-state index contributed by atoms with van der Waals surface area (Å²) in [5, 5.41) is 5.79. The van der Waals surface area contributed by atoms with Gasteiger partial charge in [-0.25, -0.2) is 14.6 Å². The van der Waals surface area contributed by atoms with Gasteiger partial charge in [-0.3, -0.25) is 14.3 Å². The van der Waals surface area contributed by atoms with Crippen LogP contribution in [-0.4, -0.2) is 41.8 Å². The quantitative estimate of drug-likeness (QED) is 0.663. The zero-order chi connectivity index (χ0) is 18.9. The minimum Gasteiger partial charge on any atom is -0.292 e. The van der Waals surface area contributed by atoms with E-state index in [0.717, 1.165) is 32.4 Å². The van der Waals surface area contributed by atoms with E-state index in [1.807, 2.05) is 22.1 Å². The van der Waals surface area contributed by atoms with Gasteiger partial charge in [-0.2, -0.15) is 5.10 Å². The van der Waals surface area contributed by atoms with Gasteiger partial charge in [0.25, 0.3) is 5.56 Å². The molecule has 28 heavy (non-hydrogen) atoms. The van der Waals surface area contributed by atoms with Crippen LogP contribution in [0.15, 0.2) is 35.6 Å². The van der Waals surface area contributed by atoms with Gasteiger partial charge < -0.3 is 0 Å². The smallest absolute Gasteiger partial charge is 0.266 e. The molecule has 0 amide bonds. The van der Waals surface area contributed by atoms with E-state index < -0.39 is 0 Å². The van der Waals surface area contributed by atoms with E-state index >= 15 is 0 Å². The zero-order valence-corrected chi connectivity index (χ0v) is 16.6. The van der Waals surface area contributed by atoms with E-state index in [-0.39, 0.29) is 5.56 Å². The Labute approximate surface area is 167 Å². The van der Waals surface area contributed by atoms with Crippen LogP contribution in [0.25, 0.3) is 5.82 Å². The Morgan fingerprint density at radius 2 is 2.11 bits per heavy atom. The third kappa shape index (κ3) is 3.54. The van der Waals surface area contributed by atoms with Crippen molar-refractivity contribution in [1.29, 1.82) is 0 Å². The van der Waals surface area contributed by atoms with Gasteiger partial charge in [-0.05, 0) is 51.1 Å². The van der Waals surface area contributed by atoms with E-state index in [0.29, 0.717) is 18.4 Å². The molecule has 3 aromatic rings. The molecule has 1 atom stereocenters. The van der Waals surface area contributed by atoms with Crippen molar-refractivity contribution in [3.8, 4) is 5.82 Å². The molecule has 5 rings (SSSR count). The second-order valence-electron chi connectivity index (χ2n) is 7.63. The first kappa shape index (κ1) is 17.8. The largest absolute Gasteiger partial charge is 0.292 e. The number of nitrogens with zero attached hydrogens (tertiary/aromatic N) is 6. The van der Waals surface area contributed by atoms with Crippen molar-refractivity contribution in [3.05, 3.63) is 56.8 Å². The highest BCUT2D eigenvalue weighted by Crippen LogP contribution is 2.29. The SMILES string of the molecule is O=c1ccc(-n2ccnc2)nn1CC1CCCN1Cc1nc2c(s1)CCCC2. The Morgan fingerprint density at radius 3 is 2.96 bits per heavy atom. The van der Waals surface area contributed by atoms with E-state index in [1.165, 1.54) is 34.8 Å². The van der Waals surface area contributed by atoms with Crippen molar-refractivity contribution in [1.82, 2.24) is 29.2 Å². The summed E-state index contributed by atoms with van der Waals surface area (Å²) >= 11 is 1.89. The highest BCUT2D eigenvalue weighted by atomic mass is 32.1. The van der Waals surface area contributed by atoms with Gasteiger partial charge in [0.05, 0.1) is 18.8 Å². The molecule has 7 nitrogen and oxygen atoms in total. The molecular formula is C20H24N6OS. The summed E-state index contributed by atoms with van der Waals surface area (Å²) in [7, 11) is 0. The molecule has 3 aromatic heterocycles. The molecule has 1 fully saturated rings. The fourth-order valence-corrected chi connectivity index (χ4v) is 5.44. The van der Waals surface area contributed by atoms with Gasteiger partial charge in [0.1, 0.15) is 11.3 Å². The Balaban J connectivity index is 1.33.